The average Bonchev–Trinajstić information content (AvgIpc) is 3.24. The van der Waals surface area contributed by atoms with E-state index in [1.165, 1.54) is 11.5 Å². The number of hydrogen-bond donors (Lipinski definition) is 1. The number of para-hydroxylation sites is 3. The number of rotatable bonds is 3. The monoisotopic (exact) mass is 401 g/mol. The van der Waals surface area contributed by atoms with Crippen molar-refractivity contribution in [3.63, 3.8) is 0 Å². The molecule has 2 aromatic carbocycles. The van der Waals surface area contributed by atoms with Crippen LogP contribution in [0.3, 0.4) is 0 Å². The molecule has 5 rings (SSSR count). The lowest BCUT2D eigenvalue weighted by Gasteiger charge is -2.37. The smallest absolute Gasteiger partial charge is 0.220 e. The molecule has 2 N–H and O–H groups in total. The lowest BCUT2D eigenvalue weighted by molar-refractivity contribution is -0.662. The van der Waals surface area contributed by atoms with Crippen LogP contribution in [0, 0.1) is 0 Å². The number of hydrogen-bond acceptors (Lipinski definition) is 4. The van der Waals surface area contributed by atoms with Crippen LogP contribution >= 0.6 is 0 Å². The van der Waals surface area contributed by atoms with Crippen LogP contribution in [-0.4, -0.2) is 36.1 Å². The number of fused-ring (bicyclic) bond motifs is 1. The number of piperazine rings is 1. The highest BCUT2D eigenvalue weighted by atomic mass is 16.3. The number of quaternary nitrogens is 1. The topological polar surface area (TPSA) is 49.1 Å². The standard InChI is InChI=1S/C23H22N4O.C2H6/c1-2-6-19(7-3-1)27-13-10-18(17-23(27)26-14-11-24-12-15-26)16-22-25-20-8-4-5-9-21(20)28-22;1-2/h1-10,13,16-17,24H,11-12,14-15H2;1-2H3/p+1. The van der Waals surface area contributed by atoms with Gasteiger partial charge in [0, 0.05) is 18.0 Å². The molecule has 1 saturated heterocycles. The second-order valence-electron chi connectivity index (χ2n) is 7.04. The first-order valence-electron chi connectivity index (χ1n) is 10.7. The molecule has 1 fully saturated rings. The largest absolute Gasteiger partial charge is 0.437 e. The van der Waals surface area contributed by atoms with Crippen molar-refractivity contribution in [3.05, 3.63) is 90.2 Å². The van der Waals surface area contributed by atoms with Gasteiger partial charge in [0.05, 0.1) is 26.2 Å². The summed E-state index contributed by atoms with van der Waals surface area (Å²) in [6.45, 7) is 8.32. The Balaban J connectivity index is 0.00000106. The van der Waals surface area contributed by atoms with Gasteiger partial charge in [-0.1, -0.05) is 44.2 Å². The van der Waals surface area contributed by atoms with E-state index in [4.69, 9.17) is 4.42 Å². The molecule has 0 aliphatic carbocycles. The predicted octanol–water partition coefficient (Wildman–Crippen LogP) is 3.99. The molecule has 0 saturated carbocycles. The first-order chi connectivity index (χ1) is 14.9. The molecule has 2 aliphatic heterocycles. The first-order valence-corrected chi connectivity index (χ1v) is 10.7. The second-order valence-corrected chi connectivity index (χ2v) is 7.04. The van der Waals surface area contributed by atoms with Gasteiger partial charge in [0.25, 0.3) is 0 Å². The van der Waals surface area contributed by atoms with Gasteiger partial charge in [-0.05, 0) is 42.0 Å². The lowest BCUT2D eigenvalue weighted by atomic mass is 10.1. The minimum Gasteiger partial charge on any atom is -0.437 e. The van der Waals surface area contributed by atoms with Gasteiger partial charge >= 0.3 is 0 Å². The van der Waals surface area contributed by atoms with Crippen molar-refractivity contribution in [2.24, 2.45) is 0 Å². The van der Waals surface area contributed by atoms with Crippen LogP contribution in [0.1, 0.15) is 19.7 Å². The molecule has 154 valence electrons. The summed E-state index contributed by atoms with van der Waals surface area (Å²) in [4.78, 5) is 9.30. The Hall–Kier alpha value is -3.31. The molecule has 1 aromatic heterocycles. The summed E-state index contributed by atoms with van der Waals surface area (Å²) >= 11 is 0. The van der Waals surface area contributed by atoms with Gasteiger partial charge in [-0.2, -0.15) is 0 Å². The Kier molecular flexibility index (Phi) is 6.30. The normalized spacial score (nSPS) is 17.7. The van der Waals surface area contributed by atoms with Gasteiger partial charge in [0.2, 0.25) is 5.89 Å². The van der Waals surface area contributed by atoms with Crippen LogP contribution in [0.25, 0.3) is 17.2 Å². The van der Waals surface area contributed by atoms with Crippen LogP contribution in [0.5, 0.6) is 0 Å². The maximum atomic E-state index is 5.88. The zero-order valence-electron chi connectivity index (χ0n) is 17.7. The molecule has 2 aliphatic rings. The SMILES string of the molecule is C1=CN(c2ccccc2)C(N2CC[NH2+]CC2)=CC1=Cc1nc2ccccc2o1.CC. The Morgan fingerprint density at radius 3 is 2.47 bits per heavy atom. The van der Waals surface area contributed by atoms with E-state index in [0.717, 1.165) is 42.9 Å². The molecule has 5 nitrogen and oxygen atoms in total. The van der Waals surface area contributed by atoms with Crippen LogP contribution in [0.4, 0.5) is 5.69 Å². The predicted molar refractivity (Wildman–Crippen MR) is 123 cm³/mol. The molecule has 30 heavy (non-hydrogen) atoms. The Morgan fingerprint density at radius 1 is 0.967 bits per heavy atom. The van der Waals surface area contributed by atoms with E-state index in [9.17, 15) is 0 Å². The quantitative estimate of drug-likeness (QED) is 0.721. The number of nitrogens with zero attached hydrogens (tertiary/aromatic N) is 3. The van der Waals surface area contributed by atoms with E-state index in [0.29, 0.717) is 5.89 Å². The molecule has 3 heterocycles. The zero-order chi connectivity index (χ0) is 20.8. The molecule has 0 amide bonds. The zero-order valence-corrected chi connectivity index (χ0v) is 17.7. The number of aromatic nitrogens is 1. The lowest BCUT2D eigenvalue weighted by Crippen LogP contribution is -2.89. The highest BCUT2D eigenvalue weighted by Gasteiger charge is 2.22. The molecule has 5 heteroatoms. The van der Waals surface area contributed by atoms with Crippen LogP contribution < -0.4 is 10.2 Å². The maximum absolute atomic E-state index is 5.88. The summed E-state index contributed by atoms with van der Waals surface area (Å²) in [6, 6.07) is 18.4. The number of allylic oxidation sites excluding steroid dienone is 3. The third-order valence-corrected chi connectivity index (χ3v) is 5.12. The number of benzene rings is 2. The first kappa shape index (κ1) is 20.0. The van der Waals surface area contributed by atoms with E-state index < -0.39 is 0 Å². The van der Waals surface area contributed by atoms with Gasteiger partial charge in [0.1, 0.15) is 11.3 Å². The fraction of sp³-hybridized carbons (Fsp3) is 0.240. The van der Waals surface area contributed by atoms with Gasteiger partial charge in [0.15, 0.2) is 5.58 Å². The van der Waals surface area contributed by atoms with Gasteiger partial charge in [-0.15, -0.1) is 0 Å². The van der Waals surface area contributed by atoms with Crippen molar-refractivity contribution in [1.29, 1.82) is 0 Å². The summed E-state index contributed by atoms with van der Waals surface area (Å²) in [7, 11) is 0. The average molecular weight is 402 g/mol. The van der Waals surface area contributed by atoms with E-state index in [2.05, 4.69) is 68.8 Å². The second kappa shape index (κ2) is 9.46. The number of nitrogens with two attached hydrogens (primary N) is 1. The number of anilines is 1. The van der Waals surface area contributed by atoms with Gasteiger partial charge < -0.3 is 19.5 Å². The van der Waals surface area contributed by atoms with Crippen molar-refractivity contribution in [3.8, 4) is 0 Å². The van der Waals surface area contributed by atoms with Crippen molar-refractivity contribution < 1.29 is 9.73 Å². The Labute approximate surface area is 178 Å². The van der Waals surface area contributed by atoms with E-state index in [-0.39, 0.29) is 0 Å². The molecule has 0 spiro atoms. The van der Waals surface area contributed by atoms with E-state index in [1.807, 2.05) is 44.2 Å². The molecule has 0 unspecified atom stereocenters. The Morgan fingerprint density at radius 2 is 1.70 bits per heavy atom. The fourth-order valence-electron chi connectivity index (χ4n) is 3.72. The van der Waals surface area contributed by atoms with Crippen LogP contribution in [0.15, 0.2) is 88.8 Å². The van der Waals surface area contributed by atoms with Crippen molar-refractivity contribution in [2.75, 3.05) is 31.1 Å². The minimum absolute atomic E-state index is 0.636. The number of oxazole rings is 1. The van der Waals surface area contributed by atoms with Gasteiger partial charge in [-0.3, -0.25) is 0 Å². The Bertz CT molecular complexity index is 1030. The third-order valence-electron chi connectivity index (χ3n) is 5.12. The summed E-state index contributed by atoms with van der Waals surface area (Å²) in [5.74, 6) is 1.83. The van der Waals surface area contributed by atoms with E-state index in [1.54, 1.807) is 0 Å². The molecular formula is C25H29N4O+. The summed E-state index contributed by atoms with van der Waals surface area (Å²) < 4.78 is 5.88. The van der Waals surface area contributed by atoms with Gasteiger partial charge in [-0.25, -0.2) is 4.98 Å². The summed E-state index contributed by atoms with van der Waals surface area (Å²) in [5, 5.41) is 2.37. The highest BCUT2D eigenvalue weighted by molar-refractivity contribution is 5.74. The molecule has 0 bridgehead atoms. The van der Waals surface area contributed by atoms with Crippen molar-refractivity contribution in [2.45, 2.75) is 13.8 Å². The summed E-state index contributed by atoms with van der Waals surface area (Å²) in [5.41, 5.74) is 3.95. The fourth-order valence-corrected chi connectivity index (χ4v) is 3.72. The third kappa shape index (κ3) is 4.31. The highest BCUT2D eigenvalue weighted by Crippen LogP contribution is 2.28. The molecular weight excluding hydrogens is 372 g/mol. The molecule has 0 radical (unpaired) electrons. The molecule has 0 atom stereocenters. The maximum Gasteiger partial charge on any atom is 0.220 e. The molecule has 3 aromatic rings. The summed E-state index contributed by atoms with van der Waals surface area (Å²) in [6.07, 6.45) is 8.49. The van der Waals surface area contributed by atoms with Crippen molar-refractivity contribution >= 4 is 22.9 Å². The van der Waals surface area contributed by atoms with E-state index >= 15 is 0 Å². The van der Waals surface area contributed by atoms with Crippen LogP contribution in [0.2, 0.25) is 0 Å². The van der Waals surface area contributed by atoms with Crippen LogP contribution in [-0.2, 0) is 0 Å². The van der Waals surface area contributed by atoms with Crippen molar-refractivity contribution in [1.82, 2.24) is 9.88 Å². The minimum atomic E-state index is 0.636.